The average molecular weight is 285 g/mol. The summed E-state index contributed by atoms with van der Waals surface area (Å²) in [4.78, 5) is 11.6. The molecule has 1 aliphatic rings. The number of amides is 1. The van der Waals surface area contributed by atoms with Gasteiger partial charge in [0, 0.05) is 43.2 Å². The first-order valence-electron chi connectivity index (χ1n) is 7.77. The molecule has 0 saturated heterocycles. The maximum atomic E-state index is 11.6. The van der Waals surface area contributed by atoms with E-state index in [-0.39, 0.29) is 5.91 Å². The average Bonchev–Trinajstić information content (AvgIpc) is 3.23. The van der Waals surface area contributed by atoms with E-state index in [2.05, 4.69) is 52.7 Å². The smallest absolute Gasteiger partial charge is 0.220 e. The van der Waals surface area contributed by atoms with E-state index in [9.17, 15) is 4.79 Å². The SMILES string of the molecule is Cn1cc(CNCCCC(=O)NC2CC2)c2ccccc21. The Labute approximate surface area is 125 Å². The van der Waals surface area contributed by atoms with Crippen LogP contribution >= 0.6 is 0 Å². The van der Waals surface area contributed by atoms with Crippen molar-refractivity contribution in [2.45, 2.75) is 38.3 Å². The van der Waals surface area contributed by atoms with Crippen LogP contribution in [-0.2, 0) is 18.4 Å². The zero-order chi connectivity index (χ0) is 14.7. The summed E-state index contributed by atoms with van der Waals surface area (Å²) in [7, 11) is 2.08. The number of para-hydroxylation sites is 1. The van der Waals surface area contributed by atoms with E-state index in [1.165, 1.54) is 16.5 Å². The number of carbonyl (C=O) groups excluding carboxylic acids is 1. The van der Waals surface area contributed by atoms with Crippen molar-refractivity contribution in [3.63, 3.8) is 0 Å². The monoisotopic (exact) mass is 285 g/mol. The molecule has 2 aromatic rings. The minimum Gasteiger partial charge on any atom is -0.353 e. The van der Waals surface area contributed by atoms with Crippen LogP contribution in [0.1, 0.15) is 31.2 Å². The van der Waals surface area contributed by atoms with Crippen molar-refractivity contribution < 1.29 is 4.79 Å². The summed E-state index contributed by atoms with van der Waals surface area (Å²) >= 11 is 0. The van der Waals surface area contributed by atoms with Gasteiger partial charge in [0.05, 0.1) is 0 Å². The molecule has 0 spiro atoms. The third kappa shape index (κ3) is 3.64. The zero-order valence-corrected chi connectivity index (χ0v) is 12.6. The van der Waals surface area contributed by atoms with Crippen LogP contribution in [0.15, 0.2) is 30.5 Å². The van der Waals surface area contributed by atoms with Gasteiger partial charge in [0.15, 0.2) is 0 Å². The first-order valence-corrected chi connectivity index (χ1v) is 7.77. The summed E-state index contributed by atoms with van der Waals surface area (Å²) in [5, 5.41) is 7.76. The molecule has 0 unspecified atom stereocenters. The lowest BCUT2D eigenvalue weighted by atomic mass is 10.2. The van der Waals surface area contributed by atoms with Gasteiger partial charge in [-0.25, -0.2) is 0 Å². The predicted molar refractivity (Wildman–Crippen MR) is 85.0 cm³/mol. The largest absolute Gasteiger partial charge is 0.353 e. The molecule has 1 aromatic heterocycles. The van der Waals surface area contributed by atoms with Crippen LogP contribution in [0.25, 0.3) is 10.9 Å². The summed E-state index contributed by atoms with van der Waals surface area (Å²) in [5.41, 5.74) is 2.58. The number of carbonyl (C=O) groups is 1. The summed E-state index contributed by atoms with van der Waals surface area (Å²) in [5.74, 6) is 0.199. The Hall–Kier alpha value is -1.81. The van der Waals surface area contributed by atoms with E-state index in [0.29, 0.717) is 12.5 Å². The summed E-state index contributed by atoms with van der Waals surface area (Å²) in [6, 6.07) is 8.92. The zero-order valence-electron chi connectivity index (χ0n) is 12.6. The third-order valence-corrected chi connectivity index (χ3v) is 3.99. The second kappa shape index (κ2) is 6.31. The number of hydrogen-bond acceptors (Lipinski definition) is 2. The fraction of sp³-hybridized carbons (Fsp3) is 0.471. The van der Waals surface area contributed by atoms with Gasteiger partial charge in [0.25, 0.3) is 0 Å². The second-order valence-electron chi connectivity index (χ2n) is 5.90. The van der Waals surface area contributed by atoms with Gasteiger partial charge >= 0.3 is 0 Å². The maximum Gasteiger partial charge on any atom is 0.220 e. The van der Waals surface area contributed by atoms with Crippen molar-refractivity contribution >= 4 is 16.8 Å². The number of hydrogen-bond donors (Lipinski definition) is 2. The van der Waals surface area contributed by atoms with E-state index >= 15 is 0 Å². The molecule has 1 saturated carbocycles. The topological polar surface area (TPSA) is 46.1 Å². The molecule has 21 heavy (non-hydrogen) atoms. The van der Waals surface area contributed by atoms with Crippen molar-refractivity contribution in [1.82, 2.24) is 15.2 Å². The van der Waals surface area contributed by atoms with Gasteiger partial charge in [0.1, 0.15) is 0 Å². The van der Waals surface area contributed by atoms with Crippen LogP contribution in [0, 0.1) is 0 Å². The molecule has 1 amide bonds. The number of aromatic nitrogens is 1. The van der Waals surface area contributed by atoms with Gasteiger partial charge in [0.2, 0.25) is 5.91 Å². The molecule has 4 nitrogen and oxygen atoms in total. The van der Waals surface area contributed by atoms with Gasteiger partial charge < -0.3 is 15.2 Å². The highest BCUT2D eigenvalue weighted by atomic mass is 16.1. The summed E-state index contributed by atoms with van der Waals surface area (Å²) < 4.78 is 2.16. The van der Waals surface area contributed by atoms with Crippen LogP contribution in [0.4, 0.5) is 0 Å². The molecule has 112 valence electrons. The molecule has 3 rings (SSSR count). The van der Waals surface area contributed by atoms with Gasteiger partial charge in [-0.3, -0.25) is 4.79 Å². The quantitative estimate of drug-likeness (QED) is 0.767. The highest BCUT2D eigenvalue weighted by molar-refractivity contribution is 5.83. The molecule has 1 aromatic carbocycles. The van der Waals surface area contributed by atoms with Crippen LogP contribution in [0.5, 0.6) is 0 Å². The van der Waals surface area contributed by atoms with Crippen molar-refractivity contribution in [2.75, 3.05) is 6.54 Å². The normalized spacial score (nSPS) is 14.5. The van der Waals surface area contributed by atoms with Crippen LogP contribution in [-0.4, -0.2) is 23.1 Å². The van der Waals surface area contributed by atoms with Crippen LogP contribution in [0.2, 0.25) is 0 Å². The number of fused-ring (bicyclic) bond motifs is 1. The first-order chi connectivity index (χ1) is 10.2. The third-order valence-electron chi connectivity index (χ3n) is 3.99. The lowest BCUT2D eigenvalue weighted by Gasteiger charge is -2.05. The van der Waals surface area contributed by atoms with Crippen LogP contribution in [0.3, 0.4) is 0 Å². The summed E-state index contributed by atoms with van der Waals surface area (Å²) in [6.45, 7) is 1.73. The first kappa shape index (κ1) is 14.1. The van der Waals surface area contributed by atoms with E-state index in [4.69, 9.17) is 0 Å². The van der Waals surface area contributed by atoms with Crippen molar-refractivity contribution in [3.8, 4) is 0 Å². The molecular formula is C17H23N3O. The lowest BCUT2D eigenvalue weighted by Crippen LogP contribution is -2.26. The summed E-state index contributed by atoms with van der Waals surface area (Å²) in [6.07, 6.45) is 6.01. The van der Waals surface area contributed by atoms with E-state index < -0.39 is 0 Å². The molecule has 1 heterocycles. The fourth-order valence-electron chi connectivity index (χ4n) is 2.69. The van der Waals surface area contributed by atoms with E-state index in [0.717, 1.165) is 32.4 Å². The highest BCUT2D eigenvalue weighted by Crippen LogP contribution is 2.20. The van der Waals surface area contributed by atoms with Crippen molar-refractivity contribution in [3.05, 3.63) is 36.0 Å². The van der Waals surface area contributed by atoms with Crippen LogP contribution < -0.4 is 10.6 Å². The van der Waals surface area contributed by atoms with Gasteiger partial charge in [-0.1, -0.05) is 18.2 Å². The van der Waals surface area contributed by atoms with Gasteiger partial charge in [-0.2, -0.15) is 0 Å². The minimum absolute atomic E-state index is 0.199. The van der Waals surface area contributed by atoms with Gasteiger partial charge in [-0.15, -0.1) is 0 Å². The standard InChI is InChI=1S/C17H23N3O/c1-20-12-13(15-5-2-3-6-16(15)20)11-18-10-4-7-17(21)19-14-8-9-14/h2-3,5-6,12,14,18H,4,7-11H2,1H3,(H,19,21). The van der Waals surface area contributed by atoms with Crippen molar-refractivity contribution in [1.29, 1.82) is 0 Å². The lowest BCUT2D eigenvalue weighted by molar-refractivity contribution is -0.121. The Morgan fingerprint density at radius 2 is 2.14 bits per heavy atom. The molecule has 1 fully saturated rings. The fourth-order valence-corrected chi connectivity index (χ4v) is 2.69. The molecule has 1 aliphatic carbocycles. The maximum absolute atomic E-state index is 11.6. The predicted octanol–water partition coefficient (Wildman–Crippen LogP) is 2.33. The second-order valence-corrected chi connectivity index (χ2v) is 5.90. The molecule has 2 N–H and O–H groups in total. The Morgan fingerprint density at radius 3 is 2.95 bits per heavy atom. The molecule has 0 bridgehead atoms. The number of rotatable bonds is 7. The number of aryl methyl sites for hydroxylation is 1. The molecule has 0 radical (unpaired) electrons. The molecule has 0 aliphatic heterocycles. The molecular weight excluding hydrogens is 262 g/mol. The van der Waals surface area contributed by atoms with Gasteiger partial charge in [-0.05, 0) is 37.4 Å². The Morgan fingerprint density at radius 1 is 1.33 bits per heavy atom. The Bertz CT molecular complexity index is 628. The minimum atomic E-state index is 0.199. The highest BCUT2D eigenvalue weighted by Gasteiger charge is 2.22. The Balaban J connectivity index is 1.43. The Kier molecular flexibility index (Phi) is 4.25. The molecule has 0 atom stereocenters. The number of nitrogens with zero attached hydrogens (tertiary/aromatic N) is 1. The van der Waals surface area contributed by atoms with E-state index in [1.54, 1.807) is 0 Å². The number of benzene rings is 1. The molecule has 4 heteroatoms. The number of nitrogens with one attached hydrogen (secondary N) is 2. The van der Waals surface area contributed by atoms with Crippen molar-refractivity contribution in [2.24, 2.45) is 7.05 Å². The van der Waals surface area contributed by atoms with E-state index in [1.807, 2.05) is 0 Å².